The van der Waals surface area contributed by atoms with Gasteiger partial charge in [0, 0.05) is 13.1 Å². The molecule has 0 aliphatic heterocycles. The zero-order chi connectivity index (χ0) is 21.1. The Balaban J connectivity index is 2.18. The lowest BCUT2D eigenvalue weighted by Gasteiger charge is -2.22. The van der Waals surface area contributed by atoms with Gasteiger partial charge in [0.15, 0.2) is 0 Å². The van der Waals surface area contributed by atoms with Gasteiger partial charge >= 0.3 is 5.69 Å². The second-order valence-corrected chi connectivity index (χ2v) is 8.23. The molecule has 0 unspecified atom stereocenters. The predicted molar refractivity (Wildman–Crippen MR) is 118 cm³/mol. The molecule has 0 N–H and O–H groups in total. The normalized spacial score (nSPS) is 11.2. The summed E-state index contributed by atoms with van der Waals surface area (Å²) in [6.07, 6.45) is 1.72. The van der Waals surface area contributed by atoms with Gasteiger partial charge in [-0.2, -0.15) is 0 Å². The summed E-state index contributed by atoms with van der Waals surface area (Å²) in [4.78, 5) is 41.2. The summed E-state index contributed by atoms with van der Waals surface area (Å²) in [6, 6.07) is 7.36. The van der Waals surface area contributed by atoms with E-state index in [0.717, 1.165) is 24.0 Å². The molecule has 2 heterocycles. The van der Waals surface area contributed by atoms with E-state index in [1.807, 2.05) is 39.8 Å². The number of benzene rings is 1. The Bertz CT molecular complexity index is 1150. The van der Waals surface area contributed by atoms with Crippen LogP contribution in [0, 0.1) is 13.8 Å². The molecule has 3 rings (SSSR count). The molecular weight excluding hydrogens is 386 g/mol. The quantitative estimate of drug-likeness (QED) is 0.596. The zero-order valence-electron chi connectivity index (χ0n) is 17.4. The van der Waals surface area contributed by atoms with Gasteiger partial charge in [-0.3, -0.25) is 14.2 Å². The topological polar surface area (TPSA) is 64.3 Å². The number of thiophene rings is 1. The second kappa shape index (κ2) is 8.78. The number of aryl methyl sites for hydroxylation is 2. The van der Waals surface area contributed by atoms with Crippen LogP contribution in [-0.4, -0.2) is 33.0 Å². The van der Waals surface area contributed by atoms with Gasteiger partial charge in [-0.15, -0.1) is 11.3 Å². The first-order chi connectivity index (χ1) is 13.9. The van der Waals surface area contributed by atoms with Gasteiger partial charge in [0.2, 0.25) is 5.91 Å². The van der Waals surface area contributed by atoms with E-state index < -0.39 is 5.69 Å². The van der Waals surface area contributed by atoms with E-state index in [9.17, 15) is 14.4 Å². The van der Waals surface area contributed by atoms with Gasteiger partial charge in [-0.25, -0.2) is 9.36 Å². The zero-order valence-corrected chi connectivity index (χ0v) is 18.2. The van der Waals surface area contributed by atoms with Crippen molar-refractivity contribution >= 4 is 27.5 Å². The van der Waals surface area contributed by atoms with Crippen LogP contribution in [0.5, 0.6) is 0 Å². The highest BCUT2D eigenvalue weighted by molar-refractivity contribution is 7.17. The number of nitrogens with zero attached hydrogens (tertiary/aromatic N) is 3. The minimum absolute atomic E-state index is 0.0722. The van der Waals surface area contributed by atoms with Crippen molar-refractivity contribution in [3.8, 4) is 5.69 Å². The Hall–Kier alpha value is -2.67. The summed E-state index contributed by atoms with van der Waals surface area (Å²) >= 11 is 1.29. The highest BCUT2D eigenvalue weighted by Gasteiger charge is 2.20. The number of carbonyl (C=O) groups excluding carboxylic acids is 1. The molecule has 3 aromatic rings. The van der Waals surface area contributed by atoms with Crippen molar-refractivity contribution < 1.29 is 4.79 Å². The van der Waals surface area contributed by atoms with Crippen molar-refractivity contribution in [2.24, 2.45) is 0 Å². The number of hydrogen-bond donors (Lipinski definition) is 0. The molecule has 0 radical (unpaired) electrons. The van der Waals surface area contributed by atoms with Crippen LogP contribution >= 0.6 is 11.3 Å². The van der Waals surface area contributed by atoms with E-state index in [2.05, 4.69) is 0 Å². The second-order valence-electron chi connectivity index (χ2n) is 7.31. The Labute approximate surface area is 174 Å². The van der Waals surface area contributed by atoms with E-state index in [-0.39, 0.29) is 18.0 Å². The van der Waals surface area contributed by atoms with Crippen LogP contribution in [0.3, 0.4) is 0 Å². The molecular formula is C22H27N3O3S. The Morgan fingerprint density at radius 3 is 2.38 bits per heavy atom. The molecule has 0 atom stereocenters. The van der Waals surface area contributed by atoms with E-state index in [1.54, 1.807) is 22.4 Å². The fraction of sp³-hybridized carbons (Fsp3) is 0.409. The third kappa shape index (κ3) is 4.05. The average molecular weight is 414 g/mol. The molecule has 0 bridgehead atoms. The van der Waals surface area contributed by atoms with Crippen LogP contribution in [0.15, 0.2) is 39.2 Å². The highest BCUT2D eigenvalue weighted by Crippen LogP contribution is 2.18. The third-order valence-electron chi connectivity index (χ3n) is 4.98. The maximum absolute atomic E-state index is 13.4. The molecule has 2 aromatic heterocycles. The predicted octanol–water partition coefficient (Wildman–Crippen LogP) is 3.48. The number of hydrogen-bond acceptors (Lipinski definition) is 4. The number of aromatic nitrogens is 2. The van der Waals surface area contributed by atoms with Crippen molar-refractivity contribution in [3.05, 3.63) is 61.6 Å². The first kappa shape index (κ1) is 21.0. The summed E-state index contributed by atoms with van der Waals surface area (Å²) in [7, 11) is 0. The molecule has 154 valence electrons. The van der Waals surface area contributed by atoms with Gasteiger partial charge in [0.1, 0.15) is 11.2 Å². The van der Waals surface area contributed by atoms with E-state index >= 15 is 0 Å². The van der Waals surface area contributed by atoms with Gasteiger partial charge in [-0.1, -0.05) is 31.5 Å². The van der Waals surface area contributed by atoms with Crippen LogP contribution < -0.4 is 11.2 Å². The number of carbonyl (C=O) groups is 1. The molecule has 6 nitrogen and oxygen atoms in total. The lowest BCUT2D eigenvalue weighted by molar-refractivity contribution is -0.131. The maximum Gasteiger partial charge on any atom is 0.336 e. The Morgan fingerprint density at radius 1 is 1.07 bits per heavy atom. The molecule has 29 heavy (non-hydrogen) atoms. The lowest BCUT2D eigenvalue weighted by Crippen LogP contribution is -2.43. The summed E-state index contributed by atoms with van der Waals surface area (Å²) < 4.78 is 3.12. The van der Waals surface area contributed by atoms with Gasteiger partial charge in [-0.05, 0) is 49.8 Å². The first-order valence-corrected chi connectivity index (χ1v) is 10.8. The molecule has 0 saturated heterocycles. The third-order valence-corrected chi connectivity index (χ3v) is 5.87. The van der Waals surface area contributed by atoms with Crippen molar-refractivity contribution in [2.75, 3.05) is 13.1 Å². The van der Waals surface area contributed by atoms with E-state index in [0.29, 0.717) is 29.0 Å². The molecule has 7 heteroatoms. The first-order valence-electron chi connectivity index (χ1n) is 9.97. The summed E-state index contributed by atoms with van der Waals surface area (Å²) in [5.41, 5.74) is 2.16. The highest BCUT2D eigenvalue weighted by atomic mass is 32.1. The van der Waals surface area contributed by atoms with Gasteiger partial charge in [0.25, 0.3) is 5.56 Å². The monoisotopic (exact) mass is 413 g/mol. The standard InChI is InChI=1S/C22H27N3O3S/c1-5-10-23(11-6-2)19(26)14-24-18-9-12-29-20(18)21(27)25(22(24)28)17-8-7-15(3)13-16(17)4/h7-9,12-13H,5-6,10-11,14H2,1-4H3. The van der Waals surface area contributed by atoms with E-state index in [4.69, 9.17) is 0 Å². The molecule has 0 saturated carbocycles. The van der Waals surface area contributed by atoms with Crippen molar-refractivity contribution in [1.82, 2.24) is 14.0 Å². The smallest absolute Gasteiger partial charge is 0.336 e. The van der Waals surface area contributed by atoms with Gasteiger partial charge in [0.05, 0.1) is 11.2 Å². The van der Waals surface area contributed by atoms with Crippen LogP contribution in [-0.2, 0) is 11.3 Å². The van der Waals surface area contributed by atoms with E-state index in [1.165, 1.54) is 20.5 Å². The molecule has 1 aromatic carbocycles. The van der Waals surface area contributed by atoms with Crippen molar-refractivity contribution in [3.63, 3.8) is 0 Å². The minimum atomic E-state index is -0.478. The van der Waals surface area contributed by atoms with Crippen molar-refractivity contribution in [2.45, 2.75) is 47.1 Å². The van der Waals surface area contributed by atoms with Crippen molar-refractivity contribution in [1.29, 1.82) is 0 Å². The molecule has 0 fully saturated rings. The fourth-order valence-corrected chi connectivity index (χ4v) is 4.47. The summed E-state index contributed by atoms with van der Waals surface area (Å²) in [5, 5.41) is 1.79. The average Bonchev–Trinajstić information content (AvgIpc) is 3.16. The Morgan fingerprint density at radius 2 is 1.76 bits per heavy atom. The van der Waals surface area contributed by atoms with Crippen LogP contribution in [0.1, 0.15) is 37.8 Å². The van der Waals surface area contributed by atoms with Crippen LogP contribution in [0.4, 0.5) is 0 Å². The van der Waals surface area contributed by atoms with Gasteiger partial charge < -0.3 is 4.90 Å². The number of amides is 1. The fourth-order valence-electron chi connectivity index (χ4n) is 3.65. The molecule has 0 spiro atoms. The molecule has 0 aliphatic rings. The summed E-state index contributed by atoms with van der Waals surface area (Å²) in [6.45, 7) is 9.15. The van der Waals surface area contributed by atoms with Crippen LogP contribution in [0.25, 0.3) is 15.9 Å². The Kier molecular flexibility index (Phi) is 6.37. The maximum atomic E-state index is 13.4. The molecule has 0 aliphatic carbocycles. The largest absolute Gasteiger partial charge is 0.341 e. The lowest BCUT2D eigenvalue weighted by atomic mass is 10.1. The SMILES string of the molecule is CCCN(CCC)C(=O)Cn1c(=O)n(-c2ccc(C)cc2C)c(=O)c2sccc21. The number of rotatable bonds is 7. The summed E-state index contributed by atoms with van der Waals surface area (Å²) in [5.74, 6) is -0.103. The minimum Gasteiger partial charge on any atom is -0.341 e. The van der Waals surface area contributed by atoms with Crippen LogP contribution in [0.2, 0.25) is 0 Å². The molecule has 1 amide bonds. The number of fused-ring (bicyclic) bond motifs is 1.